The molecule has 0 saturated heterocycles. The van der Waals surface area contributed by atoms with Gasteiger partial charge in [-0.05, 0) is 132 Å². The number of hydrogen-bond acceptors (Lipinski definition) is 1. The number of para-hydroxylation sites is 1. The molecule has 1 aliphatic rings. The zero-order valence-corrected chi connectivity index (χ0v) is 30.3. The lowest BCUT2D eigenvalue weighted by Gasteiger charge is -2.28. The predicted octanol–water partition coefficient (Wildman–Crippen LogP) is 14.2. The highest BCUT2D eigenvalue weighted by Gasteiger charge is 2.25. The standard InChI is InChI=1S/C50H41NO/c1-30-12-5-6-16-38(30)47-31(2)22-27-45-49(47)48-40(35-23-25-37(33(4)28-35)41-18-8-7-17-39(41)34-14-10-15-34)19-11-21-44(48)51(45)36-24-26-42-43-20-9-13-32(3)50(43)52-46(42)29-36/h5-9,11-13,16-29,34H,10,14-15H2,1-4H3. The number of rotatable bonds is 5. The van der Waals surface area contributed by atoms with E-state index in [9.17, 15) is 0 Å². The van der Waals surface area contributed by atoms with Gasteiger partial charge in [-0.2, -0.15) is 0 Å². The summed E-state index contributed by atoms with van der Waals surface area (Å²) >= 11 is 0. The molecule has 1 fully saturated rings. The Labute approximate surface area is 305 Å². The largest absolute Gasteiger partial charge is 0.456 e. The van der Waals surface area contributed by atoms with E-state index in [1.54, 1.807) is 0 Å². The van der Waals surface area contributed by atoms with Gasteiger partial charge in [-0.1, -0.05) is 110 Å². The molecule has 0 bridgehead atoms. The minimum Gasteiger partial charge on any atom is -0.456 e. The molecule has 0 radical (unpaired) electrons. The van der Waals surface area contributed by atoms with Crippen LogP contribution < -0.4 is 0 Å². The van der Waals surface area contributed by atoms with E-state index in [1.807, 2.05) is 0 Å². The average Bonchev–Trinajstić information content (AvgIpc) is 3.68. The first-order valence-electron chi connectivity index (χ1n) is 18.7. The summed E-state index contributed by atoms with van der Waals surface area (Å²) in [5.41, 5.74) is 19.7. The molecule has 0 atom stereocenters. The lowest BCUT2D eigenvalue weighted by molar-refractivity contribution is 0.420. The summed E-state index contributed by atoms with van der Waals surface area (Å²) in [6, 6.07) is 49.6. The van der Waals surface area contributed by atoms with Crippen LogP contribution in [0.1, 0.15) is 53.0 Å². The smallest absolute Gasteiger partial charge is 0.138 e. The highest BCUT2D eigenvalue weighted by atomic mass is 16.3. The van der Waals surface area contributed by atoms with Gasteiger partial charge >= 0.3 is 0 Å². The van der Waals surface area contributed by atoms with Crippen molar-refractivity contribution in [3.8, 4) is 39.1 Å². The summed E-state index contributed by atoms with van der Waals surface area (Å²) in [6.45, 7) is 8.90. The van der Waals surface area contributed by atoms with Crippen molar-refractivity contribution >= 4 is 43.7 Å². The van der Waals surface area contributed by atoms with Gasteiger partial charge in [0.1, 0.15) is 11.2 Å². The molecule has 9 aromatic rings. The molecule has 0 aliphatic heterocycles. The van der Waals surface area contributed by atoms with Crippen molar-refractivity contribution in [3.63, 3.8) is 0 Å². The van der Waals surface area contributed by atoms with E-state index < -0.39 is 0 Å². The van der Waals surface area contributed by atoms with Crippen LogP contribution in [-0.2, 0) is 0 Å². The third-order valence-corrected chi connectivity index (χ3v) is 11.9. The summed E-state index contributed by atoms with van der Waals surface area (Å²) in [5.74, 6) is 0.682. The Morgan fingerprint density at radius 1 is 0.519 bits per heavy atom. The van der Waals surface area contributed by atoms with E-state index in [4.69, 9.17) is 4.42 Å². The molecule has 0 spiro atoms. The molecule has 252 valence electrons. The third kappa shape index (κ3) is 4.63. The molecule has 0 amide bonds. The fraction of sp³-hybridized carbons (Fsp3) is 0.160. The third-order valence-electron chi connectivity index (χ3n) is 11.9. The molecule has 7 aromatic carbocycles. The lowest BCUT2D eigenvalue weighted by Crippen LogP contribution is -2.10. The first-order chi connectivity index (χ1) is 25.5. The van der Waals surface area contributed by atoms with Gasteiger partial charge in [-0.25, -0.2) is 0 Å². The topological polar surface area (TPSA) is 18.1 Å². The van der Waals surface area contributed by atoms with Crippen molar-refractivity contribution in [1.82, 2.24) is 4.57 Å². The van der Waals surface area contributed by atoms with Gasteiger partial charge < -0.3 is 8.98 Å². The Balaban J connectivity index is 1.25. The molecule has 2 nitrogen and oxygen atoms in total. The van der Waals surface area contributed by atoms with Crippen LogP contribution in [0.2, 0.25) is 0 Å². The SMILES string of the molecule is Cc1cc(-c2cccc3c2c2c(-c4ccccc4C)c(C)ccc2n3-c2ccc3c(c2)oc2c(C)cccc23)ccc1-c1ccccc1C1CCC1. The molecule has 0 N–H and O–H groups in total. The van der Waals surface area contributed by atoms with Gasteiger partial charge in [0.15, 0.2) is 0 Å². The lowest BCUT2D eigenvalue weighted by atomic mass is 9.76. The van der Waals surface area contributed by atoms with Crippen LogP contribution in [0.25, 0.3) is 82.8 Å². The Bertz CT molecular complexity index is 2880. The van der Waals surface area contributed by atoms with Crippen molar-refractivity contribution in [2.75, 3.05) is 0 Å². The molecule has 0 unspecified atom stereocenters. The zero-order chi connectivity index (χ0) is 35.1. The van der Waals surface area contributed by atoms with Crippen LogP contribution in [0.5, 0.6) is 0 Å². The second-order valence-electron chi connectivity index (χ2n) is 15.0. The van der Waals surface area contributed by atoms with Crippen molar-refractivity contribution in [1.29, 1.82) is 0 Å². The highest BCUT2D eigenvalue weighted by Crippen LogP contribution is 2.47. The fourth-order valence-corrected chi connectivity index (χ4v) is 8.99. The van der Waals surface area contributed by atoms with Gasteiger partial charge in [0.25, 0.3) is 0 Å². The number of nitrogens with zero attached hydrogens (tertiary/aromatic N) is 1. The number of benzene rings is 7. The van der Waals surface area contributed by atoms with Crippen molar-refractivity contribution in [3.05, 3.63) is 161 Å². The van der Waals surface area contributed by atoms with E-state index in [1.165, 1.54) is 96.7 Å². The molecular weight excluding hydrogens is 631 g/mol. The van der Waals surface area contributed by atoms with Gasteiger partial charge in [-0.15, -0.1) is 0 Å². The van der Waals surface area contributed by atoms with Crippen LogP contribution in [-0.4, -0.2) is 4.57 Å². The number of aromatic nitrogens is 1. The number of fused-ring (bicyclic) bond motifs is 6. The van der Waals surface area contributed by atoms with Gasteiger partial charge in [-0.3, -0.25) is 0 Å². The van der Waals surface area contributed by atoms with Crippen molar-refractivity contribution in [2.45, 2.75) is 52.9 Å². The van der Waals surface area contributed by atoms with Crippen molar-refractivity contribution in [2.24, 2.45) is 0 Å². The zero-order valence-electron chi connectivity index (χ0n) is 30.3. The highest BCUT2D eigenvalue weighted by molar-refractivity contribution is 6.21. The Morgan fingerprint density at radius 3 is 2.08 bits per heavy atom. The molecule has 2 heterocycles. The molecule has 2 heteroatoms. The van der Waals surface area contributed by atoms with E-state index in [0.717, 1.165) is 33.2 Å². The molecule has 1 aliphatic carbocycles. The minimum absolute atomic E-state index is 0.682. The van der Waals surface area contributed by atoms with Gasteiger partial charge in [0.05, 0.1) is 11.0 Å². The van der Waals surface area contributed by atoms with E-state index in [-0.39, 0.29) is 0 Å². The summed E-state index contributed by atoms with van der Waals surface area (Å²) in [7, 11) is 0. The van der Waals surface area contributed by atoms with E-state index in [0.29, 0.717) is 5.92 Å². The van der Waals surface area contributed by atoms with Crippen LogP contribution in [0.3, 0.4) is 0 Å². The first kappa shape index (κ1) is 30.9. The summed E-state index contributed by atoms with van der Waals surface area (Å²) in [5, 5.41) is 4.88. The normalized spacial score (nSPS) is 13.5. The summed E-state index contributed by atoms with van der Waals surface area (Å²) in [6.07, 6.45) is 3.93. The first-order valence-corrected chi connectivity index (χ1v) is 18.7. The maximum atomic E-state index is 6.55. The quantitative estimate of drug-likeness (QED) is 0.178. The summed E-state index contributed by atoms with van der Waals surface area (Å²) in [4.78, 5) is 0. The average molecular weight is 672 g/mol. The Morgan fingerprint density at radius 2 is 1.27 bits per heavy atom. The van der Waals surface area contributed by atoms with E-state index in [2.05, 4.69) is 166 Å². The number of hydrogen-bond donors (Lipinski definition) is 0. The maximum absolute atomic E-state index is 6.55. The van der Waals surface area contributed by atoms with Crippen LogP contribution in [0, 0.1) is 27.7 Å². The predicted molar refractivity (Wildman–Crippen MR) is 220 cm³/mol. The minimum atomic E-state index is 0.682. The van der Waals surface area contributed by atoms with Crippen molar-refractivity contribution < 1.29 is 4.42 Å². The molecule has 1 saturated carbocycles. The molecule has 2 aromatic heterocycles. The second-order valence-corrected chi connectivity index (χ2v) is 15.0. The number of furan rings is 1. The Hall–Kier alpha value is -5.86. The Kier molecular flexibility index (Phi) is 7.05. The van der Waals surface area contributed by atoms with Crippen LogP contribution >= 0.6 is 0 Å². The van der Waals surface area contributed by atoms with Gasteiger partial charge in [0, 0.05) is 33.3 Å². The summed E-state index contributed by atoms with van der Waals surface area (Å²) < 4.78 is 9.00. The van der Waals surface area contributed by atoms with E-state index >= 15 is 0 Å². The van der Waals surface area contributed by atoms with Gasteiger partial charge in [0.2, 0.25) is 0 Å². The van der Waals surface area contributed by atoms with Crippen LogP contribution in [0.4, 0.5) is 0 Å². The molecule has 52 heavy (non-hydrogen) atoms. The number of aryl methyl sites for hydroxylation is 4. The second kappa shape index (κ2) is 11.9. The molecule has 10 rings (SSSR count). The molecular formula is C50H41NO. The monoisotopic (exact) mass is 671 g/mol. The maximum Gasteiger partial charge on any atom is 0.138 e. The fourth-order valence-electron chi connectivity index (χ4n) is 8.99. The van der Waals surface area contributed by atoms with Crippen LogP contribution in [0.15, 0.2) is 138 Å².